The second-order valence-electron chi connectivity index (χ2n) is 7.92. The number of rotatable bonds is 8. The molecule has 2 amide bonds. The van der Waals surface area contributed by atoms with E-state index in [2.05, 4.69) is 33.0 Å². The summed E-state index contributed by atoms with van der Waals surface area (Å²) >= 11 is 7.93. The van der Waals surface area contributed by atoms with Crippen LogP contribution in [-0.4, -0.2) is 20.8 Å². The van der Waals surface area contributed by atoms with E-state index in [4.69, 9.17) is 11.6 Å². The molecule has 0 aliphatic carbocycles. The van der Waals surface area contributed by atoms with Gasteiger partial charge in [0.25, 0.3) is 0 Å². The summed E-state index contributed by atoms with van der Waals surface area (Å²) in [6.45, 7) is 4.36. The van der Waals surface area contributed by atoms with Crippen LogP contribution in [0, 0.1) is 6.92 Å². The third-order valence-electron chi connectivity index (χ3n) is 5.31. The van der Waals surface area contributed by atoms with Gasteiger partial charge in [-0.1, -0.05) is 90.1 Å². The predicted octanol–water partition coefficient (Wildman–Crippen LogP) is 6.08. The molecule has 2 N–H and O–H groups in total. The summed E-state index contributed by atoms with van der Waals surface area (Å²) in [5.74, 6) is 1.38. The number of aromatic nitrogens is 3. The molecule has 0 radical (unpaired) electrons. The Kier molecular flexibility index (Phi) is 7.87. The summed E-state index contributed by atoms with van der Waals surface area (Å²) in [6, 6.07) is 25.1. The highest BCUT2D eigenvalue weighted by molar-refractivity contribution is 7.98. The van der Waals surface area contributed by atoms with Gasteiger partial charge in [0.05, 0.1) is 11.7 Å². The molecule has 4 aromatic rings. The monoisotopic (exact) mass is 491 g/mol. The minimum Gasteiger partial charge on any atom is -0.334 e. The molecule has 0 aliphatic heterocycles. The fraction of sp³-hybridized carbons (Fsp3) is 0.192. The number of nitrogens with zero attached hydrogens (tertiary/aromatic N) is 3. The number of hydrogen-bond acceptors (Lipinski definition) is 4. The molecule has 0 aliphatic rings. The van der Waals surface area contributed by atoms with Crippen molar-refractivity contribution in [3.63, 3.8) is 0 Å². The van der Waals surface area contributed by atoms with Gasteiger partial charge in [0.2, 0.25) is 0 Å². The molecule has 1 unspecified atom stereocenters. The van der Waals surface area contributed by atoms with Crippen LogP contribution in [0.15, 0.2) is 84.0 Å². The summed E-state index contributed by atoms with van der Waals surface area (Å²) in [5, 5.41) is 16.2. The molecule has 8 heteroatoms. The Labute approximate surface area is 208 Å². The summed E-state index contributed by atoms with van der Waals surface area (Å²) in [5.41, 5.74) is 4.15. The molecule has 1 heterocycles. The van der Waals surface area contributed by atoms with Crippen LogP contribution >= 0.6 is 23.4 Å². The smallest absolute Gasteiger partial charge is 0.315 e. The van der Waals surface area contributed by atoms with Crippen LogP contribution < -0.4 is 10.6 Å². The fourth-order valence-electron chi connectivity index (χ4n) is 3.52. The number of benzene rings is 3. The second-order valence-corrected chi connectivity index (χ2v) is 9.29. The maximum atomic E-state index is 12.6. The Balaban J connectivity index is 1.56. The third kappa shape index (κ3) is 5.98. The molecule has 0 fully saturated rings. The van der Waals surface area contributed by atoms with Crippen molar-refractivity contribution >= 4 is 29.4 Å². The van der Waals surface area contributed by atoms with Gasteiger partial charge < -0.3 is 10.6 Å². The number of halogens is 1. The van der Waals surface area contributed by atoms with E-state index in [0.717, 1.165) is 27.7 Å². The van der Waals surface area contributed by atoms with Crippen LogP contribution in [-0.2, 0) is 12.3 Å². The van der Waals surface area contributed by atoms with Crippen molar-refractivity contribution in [1.29, 1.82) is 0 Å². The Morgan fingerprint density at radius 1 is 1.00 bits per heavy atom. The third-order valence-corrected chi connectivity index (χ3v) is 6.55. The largest absolute Gasteiger partial charge is 0.334 e. The van der Waals surface area contributed by atoms with Crippen LogP contribution in [0.4, 0.5) is 4.79 Å². The molecule has 1 atom stereocenters. The van der Waals surface area contributed by atoms with Crippen molar-refractivity contribution in [2.45, 2.75) is 37.3 Å². The Bertz CT molecular complexity index is 1250. The van der Waals surface area contributed by atoms with Crippen LogP contribution in [0.5, 0.6) is 0 Å². The van der Waals surface area contributed by atoms with Crippen molar-refractivity contribution in [2.24, 2.45) is 0 Å². The van der Waals surface area contributed by atoms with Gasteiger partial charge in [0.1, 0.15) is 0 Å². The number of thioether (sulfide) groups is 1. The van der Waals surface area contributed by atoms with E-state index in [1.54, 1.807) is 11.8 Å². The lowest BCUT2D eigenvalue weighted by Gasteiger charge is -2.18. The molecular formula is C26H26ClN5OS. The number of nitrogens with one attached hydrogen (secondary N) is 2. The molecular weight excluding hydrogens is 466 g/mol. The lowest BCUT2D eigenvalue weighted by atomic mass is 10.2. The van der Waals surface area contributed by atoms with Gasteiger partial charge in [0, 0.05) is 17.3 Å². The zero-order valence-corrected chi connectivity index (χ0v) is 20.6. The quantitative estimate of drug-likeness (QED) is 0.293. The molecule has 0 bridgehead atoms. The van der Waals surface area contributed by atoms with E-state index in [9.17, 15) is 4.79 Å². The summed E-state index contributed by atoms with van der Waals surface area (Å²) in [6.07, 6.45) is 0. The topological polar surface area (TPSA) is 71.8 Å². The zero-order valence-electron chi connectivity index (χ0n) is 19.0. The molecule has 3 aromatic carbocycles. The van der Waals surface area contributed by atoms with Crippen molar-refractivity contribution in [3.8, 4) is 5.69 Å². The van der Waals surface area contributed by atoms with Gasteiger partial charge in [-0.3, -0.25) is 4.57 Å². The second kappa shape index (κ2) is 11.2. The van der Waals surface area contributed by atoms with E-state index in [0.29, 0.717) is 17.4 Å². The van der Waals surface area contributed by atoms with E-state index >= 15 is 0 Å². The molecule has 0 saturated carbocycles. The fourth-order valence-corrected chi connectivity index (χ4v) is 4.59. The standard InChI is InChI=1S/C26H26ClN5OS/c1-18-13-14-22(27)15-23(18)32-24(30-31-26(32)34-17-21-11-7-4-8-12-21)19(2)29-25(33)28-16-20-9-5-3-6-10-20/h3-15,19H,16-17H2,1-2H3,(H2,28,29,33). The first-order valence-corrected chi connectivity index (χ1v) is 12.3. The molecule has 174 valence electrons. The van der Waals surface area contributed by atoms with Crippen LogP contribution in [0.1, 0.15) is 35.5 Å². The van der Waals surface area contributed by atoms with E-state index in [1.807, 2.05) is 85.1 Å². The average Bonchev–Trinajstić information content (AvgIpc) is 3.28. The molecule has 1 aromatic heterocycles. The van der Waals surface area contributed by atoms with Crippen molar-refractivity contribution < 1.29 is 4.79 Å². The van der Waals surface area contributed by atoms with E-state index < -0.39 is 0 Å². The molecule has 4 rings (SSSR count). The number of aryl methyl sites for hydroxylation is 1. The highest BCUT2D eigenvalue weighted by atomic mass is 35.5. The van der Waals surface area contributed by atoms with Gasteiger partial charge >= 0.3 is 6.03 Å². The Morgan fingerprint density at radius 3 is 2.38 bits per heavy atom. The molecule has 34 heavy (non-hydrogen) atoms. The molecule has 0 saturated heterocycles. The van der Waals surface area contributed by atoms with Gasteiger partial charge in [-0.05, 0) is 42.7 Å². The highest BCUT2D eigenvalue weighted by Gasteiger charge is 2.22. The number of urea groups is 1. The van der Waals surface area contributed by atoms with Crippen LogP contribution in [0.3, 0.4) is 0 Å². The van der Waals surface area contributed by atoms with Crippen molar-refractivity contribution in [1.82, 2.24) is 25.4 Å². The lowest BCUT2D eigenvalue weighted by Crippen LogP contribution is -2.37. The average molecular weight is 492 g/mol. The molecule has 0 spiro atoms. The van der Waals surface area contributed by atoms with Gasteiger partial charge in [-0.15, -0.1) is 10.2 Å². The van der Waals surface area contributed by atoms with Crippen LogP contribution in [0.2, 0.25) is 5.02 Å². The van der Waals surface area contributed by atoms with Gasteiger partial charge in [-0.25, -0.2) is 4.79 Å². The first-order chi connectivity index (χ1) is 16.5. The number of carbonyl (C=O) groups is 1. The lowest BCUT2D eigenvalue weighted by molar-refractivity contribution is 0.237. The minimum absolute atomic E-state index is 0.271. The SMILES string of the molecule is Cc1ccc(Cl)cc1-n1c(SCc2ccccc2)nnc1C(C)NC(=O)NCc1ccccc1. The predicted molar refractivity (Wildman–Crippen MR) is 137 cm³/mol. The van der Waals surface area contributed by atoms with Crippen molar-refractivity contribution in [3.05, 3.63) is 106 Å². The summed E-state index contributed by atoms with van der Waals surface area (Å²) in [7, 11) is 0. The molecule has 6 nitrogen and oxygen atoms in total. The summed E-state index contributed by atoms with van der Waals surface area (Å²) < 4.78 is 1.98. The first kappa shape index (κ1) is 23.9. The maximum absolute atomic E-state index is 12.6. The Hall–Kier alpha value is -3.29. The highest BCUT2D eigenvalue weighted by Crippen LogP contribution is 2.30. The number of amides is 2. The van der Waals surface area contributed by atoms with Gasteiger partial charge in [0.15, 0.2) is 11.0 Å². The van der Waals surface area contributed by atoms with Crippen molar-refractivity contribution in [2.75, 3.05) is 0 Å². The first-order valence-electron chi connectivity index (χ1n) is 11.0. The van der Waals surface area contributed by atoms with E-state index in [1.165, 1.54) is 5.56 Å². The maximum Gasteiger partial charge on any atom is 0.315 e. The normalized spacial score (nSPS) is 11.7. The number of carbonyl (C=O) groups excluding carboxylic acids is 1. The Morgan fingerprint density at radius 2 is 1.68 bits per heavy atom. The number of hydrogen-bond donors (Lipinski definition) is 2. The zero-order chi connectivity index (χ0) is 23.9. The minimum atomic E-state index is -0.382. The van der Waals surface area contributed by atoms with Crippen LogP contribution in [0.25, 0.3) is 5.69 Å². The van der Waals surface area contributed by atoms with E-state index in [-0.39, 0.29) is 12.1 Å². The summed E-state index contributed by atoms with van der Waals surface area (Å²) in [4.78, 5) is 12.6. The van der Waals surface area contributed by atoms with Gasteiger partial charge in [-0.2, -0.15) is 0 Å².